The largest absolute Gasteiger partial charge is 0.366 e. The maximum absolute atomic E-state index is 12.2. The van der Waals surface area contributed by atoms with Crippen LogP contribution in [0.1, 0.15) is 61.3 Å². The second-order valence-electron chi connectivity index (χ2n) is 6.23. The van der Waals surface area contributed by atoms with E-state index in [4.69, 9.17) is 17.3 Å². The first-order valence-corrected chi connectivity index (χ1v) is 9.17. The molecule has 0 atom stereocenters. The number of nitrogens with two attached hydrogens (primary N) is 1. The van der Waals surface area contributed by atoms with Crippen LogP contribution in [0.2, 0.25) is 5.02 Å². The monoisotopic (exact) mass is 346 g/mol. The normalized spacial score (nSPS) is 11.0. The smallest absolute Gasteiger partial charge is 0.251 e. The van der Waals surface area contributed by atoms with Crippen molar-refractivity contribution in [1.29, 1.82) is 0 Å². The van der Waals surface area contributed by atoms with Gasteiger partial charge < -0.3 is 10.3 Å². The van der Waals surface area contributed by atoms with Crippen LogP contribution in [0.4, 0.5) is 0 Å². The topological polar surface area (TPSA) is 48.0 Å². The number of amides is 1. The third-order valence-corrected chi connectivity index (χ3v) is 4.85. The minimum Gasteiger partial charge on any atom is -0.366 e. The molecule has 4 heteroatoms. The Morgan fingerprint density at radius 2 is 1.83 bits per heavy atom. The minimum atomic E-state index is -0.379. The van der Waals surface area contributed by atoms with Crippen molar-refractivity contribution in [2.75, 3.05) is 0 Å². The van der Waals surface area contributed by atoms with Gasteiger partial charge in [-0.25, -0.2) is 0 Å². The van der Waals surface area contributed by atoms with E-state index in [1.165, 1.54) is 5.69 Å². The molecule has 0 aliphatic rings. The number of hydrogen-bond acceptors (Lipinski definition) is 1. The summed E-state index contributed by atoms with van der Waals surface area (Å²) in [5.74, 6) is -0.379. The van der Waals surface area contributed by atoms with Crippen molar-refractivity contribution < 1.29 is 4.79 Å². The number of carbonyl (C=O) groups is 1. The van der Waals surface area contributed by atoms with E-state index in [1.54, 1.807) is 0 Å². The Bertz CT molecular complexity index is 719. The molecule has 3 nitrogen and oxygen atoms in total. The van der Waals surface area contributed by atoms with Crippen molar-refractivity contribution in [3.05, 3.63) is 46.2 Å². The molecule has 130 valence electrons. The molecule has 24 heavy (non-hydrogen) atoms. The van der Waals surface area contributed by atoms with E-state index in [1.807, 2.05) is 31.2 Å². The standard InChI is InChI=1S/C20H27ClN2O/c1-4-6-12-17-19(15-10-8-9-11-16(15)21)18(20(22)24)14(3)23(17)13-7-5-2/h8-11H,4-7,12-13H2,1-3H3,(H2,22,24). The molecule has 0 radical (unpaired) electrons. The highest BCUT2D eigenvalue weighted by Gasteiger charge is 2.25. The molecule has 1 amide bonds. The van der Waals surface area contributed by atoms with Crippen LogP contribution >= 0.6 is 11.6 Å². The van der Waals surface area contributed by atoms with Crippen molar-refractivity contribution in [3.63, 3.8) is 0 Å². The zero-order valence-corrected chi connectivity index (χ0v) is 15.6. The maximum atomic E-state index is 12.2. The number of carbonyl (C=O) groups excluding carboxylic acids is 1. The minimum absolute atomic E-state index is 0.379. The first kappa shape index (κ1) is 18.6. The lowest BCUT2D eigenvalue weighted by molar-refractivity contribution is 0.1000. The van der Waals surface area contributed by atoms with E-state index in [2.05, 4.69) is 18.4 Å². The van der Waals surface area contributed by atoms with Crippen LogP contribution in [0.25, 0.3) is 11.1 Å². The summed E-state index contributed by atoms with van der Waals surface area (Å²) >= 11 is 6.45. The molecule has 0 aliphatic carbocycles. The van der Waals surface area contributed by atoms with E-state index >= 15 is 0 Å². The SMILES string of the molecule is CCCCc1c(-c2ccccc2Cl)c(C(N)=O)c(C)n1CCCC. The Kier molecular flexibility index (Phi) is 6.50. The molecule has 2 aromatic rings. The lowest BCUT2D eigenvalue weighted by atomic mass is 9.97. The molecule has 1 aromatic carbocycles. The molecule has 0 saturated carbocycles. The van der Waals surface area contributed by atoms with Crippen LogP contribution in [-0.4, -0.2) is 10.5 Å². The number of unbranched alkanes of at least 4 members (excludes halogenated alkanes) is 2. The van der Waals surface area contributed by atoms with Gasteiger partial charge in [-0.1, -0.05) is 56.5 Å². The van der Waals surface area contributed by atoms with Gasteiger partial charge in [-0.05, 0) is 32.3 Å². The van der Waals surface area contributed by atoms with Crippen molar-refractivity contribution in [2.45, 2.75) is 59.4 Å². The summed E-state index contributed by atoms with van der Waals surface area (Å²) in [5, 5.41) is 0.658. The molecular weight excluding hydrogens is 320 g/mol. The molecule has 1 aromatic heterocycles. The number of benzene rings is 1. The van der Waals surface area contributed by atoms with Gasteiger partial charge in [0.25, 0.3) is 5.91 Å². The summed E-state index contributed by atoms with van der Waals surface area (Å²) in [6.07, 6.45) is 5.29. The zero-order chi connectivity index (χ0) is 17.7. The highest BCUT2D eigenvalue weighted by atomic mass is 35.5. The zero-order valence-electron chi connectivity index (χ0n) is 14.9. The van der Waals surface area contributed by atoms with E-state index < -0.39 is 0 Å². The number of halogens is 1. The third-order valence-electron chi connectivity index (χ3n) is 4.52. The molecular formula is C20H27ClN2O. The van der Waals surface area contributed by atoms with Gasteiger partial charge in [0.2, 0.25) is 0 Å². The first-order valence-electron chi connectivity index (χ1n) is 8.79. The van der Waals surface area contributed by atoms with Crippen LogP contribution in [0.3, 0.4) is 0 Å². The summed E-state index contributed by atoms with van der Waals surface area (Å²) in [7, 11) is 0. The average molecular weight is 347 g/mol. The fraction of sp³-hybridized carbons (Fsp3) is 0.450. The molecule has 0 aliphatic heterocycles. The Balaban J connectivity index is 2.73. The van der Waals surface area contributed by atoms with Crippen LogP contribution in [0.5, 0.6) is 0 Å². The Morgan fingerprint density at radius 3 is 2.42 bits per heavy atom. The summed E-state index contributed by atoms with van der Waals surface area (Å²) < 4.78 is 2.28. The van der Waals surface area contributed by atoms with Gasteiger partial charge in [-0.2, -0.15) is 0 Å². The second-order valence-corrected chi connectivity index (χ2v) is 6.64. The van der Waals surface area contributed by atoms with E-state index in [0.717, 1.165) is 55.5 Å². The summed E-state index contributed by atoms with van der Waals surface area (Å²) in [4.78, 5) is 12.2. The fourth-order valence-corrected chi connectivity index (χ4v) is 3.51. The van der Waals surface area contributed by atoms with Crippen LogP contribution in [0.15, 0.2) is 24.3 Å². The van der Waals surface area contributed by atoms with Gasteiger partial charge in [0.05, 0.1) is 5.56 Å². The van der Waals surface area contributed by atoms with Crippen LogP contribution in [-0.2, 0) is 13.0 Å². The number of primary amides is 1. The van der Waals surface area contributed by atoms with Gasteiger partial charge in [0, 0.05) is 34.1 Å². The highest BCUT2D eigenvalue weighted by Crippen LogP contribution is 2.37. The fourth-order valence-electron chi connectivity index (χ4n) is 3.28. The van der Waals surface area contributed by atoms with E-state index in [-0.39, 0.29) is 5.91 Å². The molecule has 1 heterocycles. The van der Waals surface area contributed by atoms with Crippen LogP contribution < -0.4 is 5.73 Å². The van der Waals surface area contributed by atoms with E-state index in [9.17, 15) is 4.79 Å². The van der Waals surface area contributed by atoms with Gasteiger partial charge in [-0.3, -0.25) is 4.79 Å². The van der Waals surface area contributed by atoms with Gasteiger partial charge in [0.15, 0.2) is 0 Å². The summed E-state index contributed by atoms with van der Waals surface area (Å²) in [6.45, 7) is 7.25. The van der Waals surface area contributed by atoms with Crippen molar-refractivity contribution in [1.82, 2.24) is 4.57 Å². The second kappa shape index (κ2) is 8.39. The highest BCUT2D eigenvalue weighted by molar-refractivity contribution is 6.33. The first-order chi connectivity index (χ1) is 11.5. The third kappa shape index (κ3) is 3.67. The van der Waals surface area contributed by atoms with Crippen molar-refractivity contribution in [2.24, 2.45) is 5.73 Å². The van der Waals surface area contributed by atoms with Crippen molar-refractivity contribution >= 4 is 17.5 Å². The Labute approximate surface area is 149 Å². The molecule has 0 spiro atoms. The molecule has 2 N–H and O–H groups in total. The number of hydrogen-bond donors (Lipinski definition) is 1. The summed E-state index contributed by atoms with van der Waals surface area (Å²) in [6, 6.07) is 7.70. The van der Waals surface area contributed by atoms with Crippen molar-refractivity contribution in [3.8, 4) is 11.1 Å². The molecule has 0 unspecified atom stereocenters. The molecule has 0 bridgehead atoms. The lowest BCUT2D eigenvalue weighted by Gasteiger charge is -2.13. The molecule has 0 fully saturated rings. The van der Waals surface area contributed by atoms with Crippen LogP contribution in [0, 0.1) is 6.92 Å². The molecule has 2 rings (SSSR count). The predicted octanol–water partition coefficient (Wildman–Crippen LogP) is 5.36. The quantitative estimate of drug-likeness (QED) is 0.687. The predicted molar refractivity (Wildman–Crippen MR) is 102 cm³/mol. The average Bonchev–Trinajstić information content (AvgIpc) is 2.83. The van der Waals surface area contributed by atoms with E-state index in [0.29, 0.717) is 10.6 Å². The van der Waals surface area contributed by atoms with Gasteiger partial charge in [-0.15, -0.1) is 0 Å². The molecule has 0 saturated heterocycles. The van der Waals surface area contributed by atoms with Gasteiger partial charge >= 0.3 is 0 Å². The number of nitrogens with zero attached hydrogens (tertiary/aromatic N) is 1. The number of rotatable bonds is 8. The lowest BCUT2D eigenvalue weighted by Crippen LogP contribution is -2.13. The number of aromatic nitrogens is 1. The summed E-state index contributed by atoms with van der Waals surface area (Å²) in [5.41, 5.74) is 10.3. The Morgan fingerprint density at radius 1 is 1.17 bits per heavy atom. The maximum Gasteiger partial charge on any atom is 0.251 e. The Hall–Kier alpha value is -1.74. The van der Waals surface area contributed by atoms with Gasteiger partial charge in [0.1, 0.15) is 0 Å².